The van der Waals surface area contributed by atoms with Gasteiger partial charge in [0, 0.05) is 37.2 Å². The summed E-state index contributed by atoms with van der Waals surface area (Å²) < 4.78 is 0. The highest BCUT2D eigenvalue weighted by Crippen LogP contribution is 2.39. The van der Waals surface area contributed by atoms with Crippen molar-refractivity contribution < 1.29 is 54.0 Å². The monoisotopic (exact) mass is 949 g/mol. The molecule has 0 spiro atoms. The minimum atomic E-state index is -1.53. The van der Waals surface area contributed by atoms with Crippen LogP contribution in [-0.2, 0) is 41.6 Å². The Morgan fingerprint density at radius 1 is 0.797 bits per heavy atom. The number of hydrogen-bond acceptors (Lipinski definition) is 11. The highest BCUT2D eigenvalue weighted by Gasteiger charge is 2.37. The number of phenolic OH excluding ortho intramolecular Hbond substituents is 2. The SMILES string of the molecule is CCCCc1ccc(-c2ccc(C(=O)N(C)[C@H](CO)C(=O)N[C@H](C)C(=O)N[C@@H](CCCCN)C(=O)N(C)[C@@H]3C(=O)N[C@@H](C)C(=O)N[C@H](C(=O)O)Cc4ccc(O)c(c4)-c4cc3ccc4O)cc2)cc1. The molecule has 0 fully saturated rings. The number of aryl methyl sites for hydroxylation is 1. The first kappa shape index (κ1) is 52.7. The van der Waals surface area contributed by atoms with Gasteiger partial charge in [-0.1, -0.05) is 61.9 Å². The van der Waals surface area contributed by atoms with Crippen molar-refractivity contribution in [1.29, 1.82) is 0 Å². The van der Waals surface area contributed by atoms with Crippen LogP contribution in [-0.4, -0.2) is 129 Å². The van der Waals surface area contributed by atoms with E-state index in [-0.39, 0.29) is 53.1 Å². The summed E-state index contributed by atoms with van der Waals surface area (Å²) in [6.07, 6.45) is 3.85. The van der Waals surface area contributed by atoms with E-state index in [0.29, 0.717) is 18.4 Å². The van der Waals surface area contributed by atoms with Crippen LogP contribution < -0.4 is 27.0 Å². The van der Waals surface area contributed by atoms with Crippen molar-refractivity contribution in [1.82, 2.24) is 31.1 Å². The molecule has 0 aliphatic carbocycles. The Morgan fingerprint density at radius 2 is 1.42 bits per heavy atom. The zero-order valence-corrected chi connectivity index (χ0v) is 39.5. The molecule has 4 aromatic carbocycles. The average molecular weight is 950 g/mol. The maximum absolute atomic E-state index is 14.6. The third kappa shape index (κ3) is 13.2. The summed E-state index contributed by atoms with van der Waals surface area (Å²) in [4.78, 5) is 97.4. The predicted octanol–water partition coefficient (Wildman–Crippen LogP) is 3.16. The van der Waals surface area contributed by atoms with Crippen molar-refractivity contribution in [2.45, 2.75) is 102 Å². The van der Waals surface area contributed by atoms with Crippen molar-refractivity contribution in [3.05, 3.63) is 107 Å². The number of aliphatic carboxylic acids is 1. The molecular weight excluding hydrogens is 887 g/mol. The van der Waals surface area contributed by atoms with E-state index in [0.717, 1.165) is 40.2 Å². The molecule has 0 saturated heterocycles. The van der Waals surface area contributed by atoms with Crippen LogP contribution in [0.5, 0.6) is 11.5 Å². The number of nitrogens with two attached hydrogens (primary N) is 1. The standard InChI is InChI=1S/C51H63N7O11/c1-6-7-10-31-12-15-33(16-13-31)34-17-19-35(20-18-34)49(66)57(4)41(28-59)47(64)53-29(2)45(62)55-39(11-8-9-24-52)50(67)58(5)44-36-21-23-43(61)38(27-36)37-25-32(14-22-42(37)60)26-40(51(68)69)56-46(63)30(3)54-48(44)65/h12-23,25,27,29-30,39-41,44,59-61H,6-11,24,26,28,52H2,1-5H3,(H,53,64)(H,54,65)(H,55,62)(H,56,63)(H,68,69)/t29-,30+,39+,40+,41-,44+/m1/s1. The second-order valence-corrected chi connectivity index (χ2v) is 17.4. The van der Waals surface area contributed by atoms with Crippen LogP contribution in [0.3, 0.4) is 0 Å². The van der Waals surface area contributed by atoms with Gasteiger partial charge in [0.2, 0.25) is 29.5 Å². The third-order valence-corrected chi connectivity index (χ3v) is 12.3. The first-order chi connectivity index (χ1) is 32.9. The highest BCUT2D eigenvalue weighted by molar-refractivity contribution is 6.00. The molecule has 1 aliphatic rings. The topological polar surface area (TPSA) is 281 Å². The number of nitrogens with one attached hydrogen (secondary N) is 4. The Balaban J connectivity index is 1.35. The van der Waals surface area contributed by atoms with E-state index >= 15 is 0 Å². The number of amides is 6. The number of unbranched alkanes of at least 4 members (excludes halogenated alkanes) is 2. The summed E-state index contributed by atoms with van der Waals surface area (Å²) >= 11 is 0. The summed E-state index contributed by atoms with van der Waals surface area (Å²) in [6.45, 7) is 4.33. The number of benzene rings is 4. The summed E-state index contributed by atoms with van der Waals surface area (Å²) in [5.41, 5.74) is 9.80. The number of hydrogen-bond donors (Lipinski definition) is 9. The number of aromatic hydroxyl groups is 2. The molecule has 4 aromatic rings. The van der Waals surface area contributed by atoms with Crippen LogP contribution >= 0.6 is 0 Å². The van der Waals surface area contributed by atoms with E-state index in [1.54, 1.807) is 24.3 Å². The molecule has 69 heavy (non-hydrogen) atoms. The highest BCUT2D eigenvalue weighted by atomic mass is 16.4. The van der Waals surface area contributed by atoms with Crippen molar-refractivity contribution in [3.63, 3.8) is 0 Å². The van der Waals surface area contributed by atoms with Crippen LogP contribution in [0.2, 0.25) is 0 Å². The second kappa shape index (κ2) is 24.1. The summed E-state index contributed by atoms with van der Waals surface area (Å²) in [6, 6.07) is 15.1. The summed E-state index contributed by atoms with van der Waals surface area (Å²) in [5, 5.41) is 52.3. The minimum absolute atomic E-state index is 0.0392. The Hall–Kier alpha value is -7.31. The maximum Gasteiger partial charge on any atom is 0.326 e. The predicted molar refractivity (Wildman–Crippen MR) is 257 cm³/mol. The molecule has 0 unspecified atom stereocenters. The lowest BCUT2D eigenvalue weighted by Gasteiger charge is -2.33. The van der Waals surface area contributed by atoms with Crippen LogP contribution in [0.4, 0.5) is 0 Å². The number of likely N-dealkylation sites (N-methyl/N-ethyl adjacent to an activating group) is 2. The van der Waals surface area contributed by atoms with E-state index in [1.807, 2.05) is 12.1 Å². The Kier molecular flexibility index (Phi) is 18.4. The first-order valence-corrected chi connectivity index (χ1v) is 23.0. The number of carboxylic acids is 1. The molecule has 0 aromatic heterocycles. The fourth-order valence-electron chi connectivity index (χ4n) is 8.08. The van der Waals surface area contributed by atoms with E-state index in [1.165, 1.54) is 69.9 Å². The molecule has 368 valence electrons. The molecule has 0 saturated carbocycles. The van der Waals surface area contributed by atoms with Gasteiger partial charge < -0.3 is 57.2 Å². The number of aliphatic hydroxyl groups excluding tert-OH is 1. The van der Waals surface area contributed by atoms with Gasteiger partial charge in [-0.2, -0.15) is 0 Å². The van der Waals surface area contributed by atoms with E-state index < -0.39 is 84.3 Å². The zero-order chi connectivity index (χ0) is 50.5. The van der Waals surface area contributed by atoms with Crippen LogP contribution in [0.1, 0.15) is 86.0 Å². The van der Waals surface area contributed by atoms with Crippen molar-refractivity contribution in [2.24, 2.45) is 5.73 Å². The Labute approximate surface area is 401 Å². The van der Waals surface area contributed by atoms with E-state index in [9.17, 15) is 54.0 Å². The molecule has 1 aliphatic heterocycles. The second-order valence-electron chi connectivity index (χ2n) is 17.4. The largest absolute Gasteiger partial charge is 0.507 e. The van der Waals surface area contributed by atoms with Gasteiger partial charge in [0.15, 0.2) is 0 Å². The number of rotatable bonds is 18. The van der Waals surface area contributed by atoms with Crippen LogP contribution in [0.25, 0.3) is 22.3 Å². The summed E-state index contributed by atoms with van der Waals surface area (Å²) in [5.74, 6) is -6.64. The lowest BCUT2D eigenvalue weighted by molar-refractivity contribution is -0.144. The first-order valence-electron chi connectivity index (χ1n) is 23.0. The lowest BCUT2D eigenvalue weighted by atomic mass is 9.93. The Bertz CT molecular complexity index is 2500. The number of phenols is 2. The average Bonchev–Trinajstić information content (AvgIpc) is 3.33. The van der Waals surface area contributed by atoms with E-state index in [2.05, 4.69) is 40.3 Å². The van der Waals surface area contributed by atoms with Gasteiger partial charge in [0.1, 0.15) is 47.8 Å². The van der Waals surface area contributed by atoms with Gasteiger partial charge in [-0.15, -0.1) is 0 Å². The van der Waals surface area contributed by atoms with Crippen molar-refractivity contribution in [2.75, 3.05) is 27.2 Å². The van der Waals surface area contributed by atoms with Crippen molar-refractivity contribution in [3.8, 4) is 33.8 Å². The van der Waals surface area contributed by atoms with Crippen LogP contribution in [0.15, 0.2) is 84.9 Å². The minimum Gasteiger partial charge on any atom is -0.507 e. The van der Waals surface area contributed by atoms with Crippen LogP contribution in [0, 0.1) is 0 Å². The van der Waals surface area contributed by atoms with Gasteiger partial charge in [-0.25, -0.2) is 4.79 Å². The van der Waals surface area contributed by atoms with Gasteiger partial charge in [-0.05, 0) is 117 Å². The normalized spacial score (nSPS) is 17.2. The smallest absolute Gasteiger partial charge is 0.326 e. The van der Waals surface area contributed by atoms with E-state index in [4.69, 9.17) is 5.73 Å². The number of aliphatic hydroxyl groups is 1. The Morgan fingerprint density at radius 3 is 2.03 bits per heavy atom. The molecule has 5 rings (SSSR count). The molecular formula is C51H63N7O11. The van der Waals surface area contributed by atoms with Gasteiger partial charge in [0.05, 0.1) is 6.61 Å². The maximum atomic E-state index is 14.6. The number of carbonyl (C=O) groups excluding carboxylic acids is 6. The van der Waals surface area contributed by atoms with Gasteiger partial charge in [0.25, 0.3) is 5.91 Å². The number of carboxylic acid groups (broad SMARTS) is 1. The lowest BCUT2D eigenvalue weighted by Crippen LogP contribution is -2.57. The quantitative estimate of drug-likeness (QED) is 0.0651. The molecule has 4 bridgehead atoms. The fourth-order valence-corrected chi connectivity index (χ4v) is 8.08. The molecule has 18 nitrogen and oxygen atoms in total. The van der Waals surface area contributed by atoms with Crippen molar-refractivity contribution >= 4 is 41.4 Å². The zero-order valence-electron chi connectivity index (χ0n) is 39.5. The van der Waals surface area contributed by atoms with Gasteiger partial charge >= 0.3 is 5.97 Å². The molecule has 6 amide bonds. The molecule has 10 N–H and O–H groups in total. The fraction of sp³-hybridized carbons (Fsp3) is 0.392. The molecule has 0 radical (unpaired) electrons. The number of fused-ring (bicyclic) bond motifs is 5. The molecule has 1 heterocycles. The summed E-state index contributed by atoms with van der Waals surface area (Å²) in [7, 11) is 2.66. The third-order valence-electron chi connectivity index (χ3n) is 12.3. The number of carbonyl (C=O) groups is 7. The number of nitrogens with zero attached hydrogens (tertiary/aromatic N) is 2. The molecule has 18 heteroatoms. The molecule has 6 atom stereocenters. The van der Waals surface area contributed by atoms with Gasteiger partial charge in [-0.3, -0.25) is 28.8 Å².